The van der Waals surface area contributed by atoms with Gasteiger partial charge in [-0.2, -0.15) is 8.42 Å². The summed E-state index contributed by atoms with van der Waals surface area (Å²) in [5.41, 5.74) is -0.269. The van der Waals surface area contributed by atoms with Gasteiger partial charge in [0.1, 0.15) is 5.60 Å². The van der Waals surface area contributed by atoms with E-state index in [1.54, 1.807) is 35.2 Å². The highest BCUT2D eigenvalue weighted by Crippen LogP contribution is 2.27. The maximum Gasteiger partial charge on any atom is 0.410 e. The van der Waals surface area contributed by atoms with Gasteiger partial charge in [-0.25, -0.2) is 17.9 Å². The second-order valence-electron chi connectivity index (χ2n) is 11.7. The lowest BCUT2D eigenvalue weighted by Gasteiger charge is -2.33. The minimum atomic E-state index is -4.26. The molecule has 2 heterocycles. The van der Waals surface area contributed by atoms with Crippen molar-refractivity contribution in [2.75, 3.05) is 43.9 Å². The predicted octanol–water partition coefficient (Wildman–Crippen LogP) is 4.17. The number of benzene rings is 2. The van der Waals surface area contributed by atoms with Crippen molar-refractivity contribution in [3.8, 4) is 0 Å². The summed E-state index contributed by atoms with van der Waals surface area (Å²) in [6.45, 7) is 7.93. The van der Waals surface area contributed by atoms with E-state index in [9.17, 15) is 21.6 Å². The SMILES string of the molecule is CC(C)(C)OC(=O)N1CCC(CNS(=O)(=O)c2cccc(S(=O)(=O)N(OCC3CCOCC3)c3ccccc3)c2)CC1. The van der Waals surface area contributed by atoms with Gasteiger partial charge in [-0.3, -0.25) is 4.84 Å². The van der Waals surface area contributed by atoms with Crippen LogP contribution in [0.5, 0.6) is 0 Å². The van der Waals surface area contributed by atoms with Gasteiger partial charge in [0.05, 0.1) is 22.1 Å². The molecule has 2 aliphatic heterocycles. The predicted molar refractivity (Wildman–Crippen MR) is 158 cm³/mol. The van der Waals surface area contributed by atoms with Crippen LogP contribution in [0.15, 0.2) is 64.4 Å². The van der Waals surface area contributed by atoms with Crippen LogP contribution in [0.1, 0.15) is 46.5 Å². The van der Waals surface area contributed by atoms with E-state index < -0.39 is 25.6 Å². The molecule has 0 saturated carbocycles. The van der Waals surface area contributed by atoms with Crippen molar-refractivity contribution >= 4 is 31.8 Å². The topological polar surface area (TPSA) is 132 Å². The van der Waals surface area contributed by atoms with Crippen LogP contribution in [0.25, 0.3) is 0 Å². The van der Waals surface area contributed by atoms with Crippen LogP contribution in [0.3, 0.4) is 0 Å². The Labute approximate surface area is 249 Å². The van der Waals surface area contributed by atoms with E-state index in [2.05, 4.69) is 4.72 Å². The molecule has 0 bridgehead atoms. The number of anilines is 1. The van der Waals surface area contributed by atoms with Crippen LogP contribution in [0, 0.1) is 11.8 Å². The van der Waals surface area contributed by atoms with Gasteiger partial charge in [0.2, 0.25) is 10.0 Å². The number of hydrogen-bond acceptors (Lipinski definition) is 8. The fourth-order valence-electron chi connectivity index (χ4n) is 4.77. The lowest BCUT2D eigenvalue weighted by atomic mass is 9.97. The van der Waals surface area contributed by atoms with Crippen LogP contribution in [0.2, 0.25) is 0 Å². The number of amides is 1. The minimum absolute atomic E-state index is 0.0255. The van der Waals surface area contributed by atoms with Gasteiger partial charge < -0.3 is 14.4 Å². The Morgan fingerprint density at radius 2 is 1.57 bits per heavy atom. The molecule has 232 valence electrons. The number of carbonyl (C=O) groups excluding carboxylic acids is 1. The average Bonchev–Trinajstić information content (AvgIpc) is 2.97. The quantitative estimate of drug-likeness (QED) is 0.391. The van der Waals surface area contributed by atoms with E-state index in [0.29, 0.717) is 44.8 Å². The number of likely N-dealkylation sites (tertiary alicyclic amines) is 1. The third-order valence-corrected chi connectivity index (χ3v) is 10.2. The lowest BCUT2D eigenvalue weighted by molar-refractivity contribution is 0.0185. The Morgan fingerprint density at radius 3 is 2.21 bits per heavy atom. The van der Waals surface area contributed by atoms with E-state index in [-0.39, 0.29) is 40.9 Å². The summed E-state index contributed by atoms with van der Waals surface area (Å²) in [6, 6.07) is 13.7. The number of ether oxygens (including phenoxy) is 2. The maximum atomic E-state index is 13.8. The summed E-state index contributed by atoms with van der Waals surface area (Å²) in [7, 11) is -8.27. The van der Waals surface area contributed by atoms with Crippen molar-refractivity contribution in [2.24, 2.45) is 11.8 Å². The van der Waals surface area contributed by atoms with Crippen LogP contribution in [0.4, 0.5) is 10.5 Å². The third kappa shape index (κ3) is 8.66. The minimum Gasteiger partial charge on any atom is -0.444 e. The molecule has 1 N–H and O–H groups in total. The molecule has 0 aliphatic carbocycles. The smallest absolute Gasteiger partial charge is 0.410 e. The molecule has 1 amide bonds. The molecule has 0 unspecified atom stereocenters. The second kappa shape index (κ2) is 13.7. The molecule has 2 aliphatic rings. The second-order valence-corrected chi connectivity index (χ2v) is 15.2. The van der Waals surface area contributed by atoms with Crippen molar-refractivity contribution in [2.45, 2.75) is 61.8 Å². The molecule has 11 nitrogen and oxygen atoms in total. The molecule has 2 fully saturated rings. The third-order valence-electron chi connectivity index (χ3n) is 7.20. The molecule has 2 aromatic rings. The molecule has 2 saturated heterocycles. The first kappa shape index (κ1) is 32.2. The van der Waals surface area contributed by atoms with Gasteiger partial charge in [-0.05, 0) is 88.6 Å². The van der Waals surface area contributed by atoms with Crippen molar-refractivity contribution < 1.29 is 35.9 Å². The van der Waals surface area contributed by atoms with E-state index in [0.717, 1.165) is 23.4 Å². The standard InChI is InChI=1S/C29H41N3O8S2/c1-29(2,3)40-28(33)31-16-12-23(13-17-31)21-30-41(34,35)26-10-7-11-27(20-26)42(36,37)32(25-8-5-4-6-9-25)39-22-24-14-18-38-19-15-24/h4-11,20,23-24,30H,12-19,21-22H2,1-3H3. The molecular weight excluding hydrogens is 582 g/mol. The van der Waals surface area contributed by atoms with Crippen LogP contribution in [-0.2, 0) is 34.4 Å². The van der Waals surface area contributed by atoms with Crippen LogP contribution < -0.4 is 9.19 Å². The molecule has 0 radical (unpaired) electrons. The van der Waals surface area contributed by atoms with Crippen molar-refractivity contribution in [1.29, 1.82) is 0 Å². The summed E-state index contributed by atoms with van der Waals surface area (Å²) in [6.07, 6.45) is 2.39. The number of piperidine rings is 1. The zero-order valence-electron chi connectivity index (χ0n) is 24.4. The summed E-state index contributed by atoms with van der Waals surface area (Å²) >= 11 is 0. The van der Waals surface area contributed by atoms with E-state index >= 15 is 0 Å². The molecule has 4 rings (SSSR count). The Hall–Kier alpha value is -2.71. The number of nitrogens with zero attached hydrogens (tertiary/aromatic N) is 2. The average molecular weight is 624 g/mol. The zero-order valence-corrected chi connectivity index (χ0v) is 26.0. The number of para-hydroxylation sites is 1. The van der Waals surface area contributed by atoms with Gasteiger partial charge in [0.25, 0.3) is 10.0 Å². The van der Waals surface area contributed by atoms with Gasteiger partial charge in [0.15, 0.2) is 0 Å². The Morgan fingerprint density at radius 1 is 0.929 bits per heavy atom. The number of sulfonamides is 2. The van der Waals surface area contributed by atoms with E-state index in [1.165, 1.54) is 18.2 Å². The van der Waals surface area contributed by atoms with Crippen molar-refractivity contribution in [1.82, 2.24) is 9.62 Å². The molecule has 0 atom stereocenters. The maximum absolute atomic E-state index is 13.8. The van der Waals surface area contributed by atoms with Gasteiger partial charge in [0, 0.05) is 32.8 Å². The summed E-state index contributed by atoms with van der Waals surface area (Å²) in [5, 5.41) is 0. The number of carbonyl (C=O) groups is 1. The summed E-state index contributed by atoms with van der Waals surface area (Å²) in [5.74, 6) is 0.171. The first-order valence-electron chi connectivity index (χ1n) is 14.2. The highest BCUT2D eigenvalue weighted by atomic mass is 32.2. The lowest BCUT2D eigenvalue weighted by Crippen LogP contribution is -2.43. The monoisotopic (exact) mass is 623 g/mol. The van der Waals surface area contributed by atoms with Crippen molar-refractivity contribution in [3.63, 3.8) is 0 Å². The van der Waals surface area contributed by atoms with Gasteiger partial charge in [-0.1, -0.05) is 24.3 Å². The van der Waals surface area contributed by atoms with Gasteiger partial charge >= 0.3 is 6.09 Å². The molecule has 13 heteroatoms. The largest absolute Gasteiger partial charge is 0.444 e. The Kier molecular flexibility index (Phi) is 10.5. The number of hydrogen-bond donors (Lipinski definition) is 1. The highest BCUT2D eigenvalue weighted by molar-refractivity contribution is 7.92. The highest BCUT2D eigenvalue weighted by Gasteiger charge is 2.31. The molecule has 0 aromatic heterocycles. The first-order chi connectivity index (χ1) is 19.8. The fourth-order valence-corrected chi connectivity index (χ4v) is 7.33. The number of nitrogens with one attached hydrogen (secondary N) is 1. The summed E-state index contributed by atoms with van der Waals surface area (Å²) < 4.78 is 68.3. The Bertz CT molecular complexity index is 1400. The fraction of sp³-hybridized carbons (Fsp3) is 0.552. The van der Waals surface area contributed by atoms with Gasteiger partial charge in [-0.15, -0.1) is 4.47 Å². The number of rotatable bonds is 10. The molecule has 2 aromatic carbocycles. The normalized spacial score (nSPS) is 17.6. The Balaban J connectivity index is 1.43. The molecule has 42 heavy (non-hydrogen) atoms. The molecular formula is C29H41N3O8S2. The molecule has 0 spiro atoms. The van der Waals surface area contributed by atoms with E-state index in [1.807, 2.05) is 20.8 Å². The summed E-state index contributed by atoms with van der Waals surface area (Å²) in [4.78, 5) is 19.5. The van der Waals surface area contributed by atoms with E-state index in [4.69, 9.17) is 14.3 Å². The van der Waals surface area contributed by atoms with Crippen LogP contribution >= 0.6 is 0 Å². The van der Waals surface area contributed by atoms with Crippen LogP contribution in [-0.4, -0.2) is 72.9 Å². The first-order valence-corrected chi connectivity index (χ1v) is 17.2. The zero-order chi connectivity index (χ0) is 30.4. The van der Waals surface area contributed by atoms with Crippen molar-refractivity contribution in [3.05, 3.63) is 54.6 Å².